The van der Waals surface area contributed by atoms with E-state index >= 15 is 0 Å². The Bertz CT molecular complexity index is 357. The predicted octanol–water partition coefficient (Wildman–Crippen LogP) is 3.27. The number of hydrogen-bond acceptors (Lipinski definition) is 2. The molecule has 0 aliphatic heterocycles. The minimum atomic E-state index is -0.0531. The zero-order valence-corrected chi connectivity index (χ0v) is 10.2. The Morgan fingerprint density at radius 1 is 1.06 bits per heavy atom. The number of carbonyl (C=O) groups excluding carboxylic acids is 1. The molecular weight excluding hydrogens is 198 g/mol. The lowest BCUT2D eigenvalue weighted by Gasteiger charge is -2.06. The van der Waals surface area contributed by atoms with E-state index in [1.807, 2.05) is 39.0 Å². The lowest BCUT2D eigenvalue weighted by Crippen LogP contribution is -2.10. The quantitative estimate of drug-likeness (QED) is 0.546. The highest BCUT2D eigenvalue weighted by Gasteiger charge is 2.06. The molecule has 2 nitrogen and oxygen atoms in total. The van der Waals surface area contributed by atoms with Crippen LogP contribution >= 0.6 is 0 Å². The number of carbonyl (C=O) groups is 1. The highest BCUT2D eigenvalue weighted by atomic mass is 16.1. The van der Waals surface area contributed by atoms with Crippen LogP contribution < -0.4 is 5.32 Å². The first-order chi connectivity index (χ1) is 7.71. The Balaban J connectivity index is 5.29. The molecule has 2 heteroatoms. The fourth-order valence-electron chi connectivity index (χ4n) is 1.14. The van der Waals surface area contributed by atoms with Gasteiger partial charge in [0.15, 0.2) is 5.78 Å². The van der Waals surface area contributed by atoms with Gasteiger partial charge in [-0.25, -0.2) is 0 Å². The Morgan fingerprint density at radius 2 is 1.69 bits per heavy atom. The summed E-state index contributed by atoms with van der Waals surface area (Å²) in [6.07, 6.45) is 12.2. The van der Waals surface area contributed by atoms with Crippen LogP contribution in [0.4, 0.5) is 0 Å². The molecule has 0 fully saturated rings. The van der Waals surface area contributed by atoms with Crippen molar-refractivity contribution in [2.24, 2.45) is 0 Å². The standard InChI is InChI=1S/C14H19NO/c1-5-9-13(15-11-7-3)12(8-4)14(16)10-6-2/h5-11,15H,4H2,1-3H3/b9-5-,10-6-,11-7-,13-12?. The van der Waals surface area contributed by atoms with Gasteiger partial charge < -0.3 is 5.32 Å². The lowest BCUT2D eigenvalue weighted by molar-refractivity contribution is -0.111. The van der Waals surface area contributed by atoms with Gasteiger partial charge in [-0.2, -0.15) is 0 Å². The van der Waals surface area contributed by atoms with E-state index in [1.54, 1.807) is 18.4 Å². The second-order valence-corrected chi connectivity index (χ2v) is 3.04. The average molecular weight is 217 g/mol. The molecule has 0 bridgehead atoms. The van der Waals surface area contributed by atoms with Crippen molar-refractivity contribution in [3.05, 3.63) is 60.5 Å². The first-order valence-electron chi connectivity index (χ1n) is 5.25. The van der Waals surface area contributed by atoms with Gasteiger partial charge in [-0.1, -0.05) is 30.9 Å². The molecule has 86 valence electrons. The first kappa shape index (κ1) is 14.2. The third kappa shape index (κ3) is 4.60. The first-order valence-corrected chi connectivity index (χ1v) is 5.25. The van der Waals surface area contributed by atoms with Crippen LogP contribution in [0.1, 0.15) is 20.8 Å². The van der Waals surface area contributed by atoms with E-state index in [4.69, 9.17) is 0 Å². The summed E-state index contributed by atoms with van der Waals surface area (Å²) in [5, 5.41) is 3.05. The number of allylic oxidation sites excluding steroid dienone is 7. The second-order valence-electron chi connectivity index (χ2n) is 3.04. The van der Waals surface area contributed by atoms with E-state index in [9.17, 15) is 4.79 Å². The molecule has 0 aromatic carbocycles. The highest BCUT2D eigenvalue weighted by molar-refractivity contribution is 6.06. The largest absolute Gasteiger partial charge is 0.361 e. The van der Waals surface area contributed by atoms with Crippen LogP contribution in [0.25, 0.3) is 0 Å². The van der Waals surface area contributed by atoms with Gasteiger partial charge in [-0.05, 0) is 39.1 Å². The summed E-state index contributed by atoms with van der Waals surface area (Å²) < 4.78 is 0. The van der Waals surface area contributed by atoms with Crippen molar-refractivity contribution >= 4 is 5.78 Å². The fraction of sp³-hybridized carbons (Fsp3) is 0.214. The van der Waals surface area contributed by atoms with Crippen LogP contribution in [-0.2, 0) is 4.79 Å². The monoisotopic (exact) mass is 217 g/mol. The summed E-state index contributed by atoms with van der Waals surface area (Å²) in [5.74, 6) is -0.0531. The third-order valence-corrected chi connectivity index (χ3v) is 1.82. The molecule has 0 aromatic rings. The number of rotatable bonds is 6. The molecule has 0 spiro atoms. The predicted molar refractivity (Wildman–Crippen MR) is 69.8 cm³/mol. The highest BCUT2D eigenvalue weighted by Crippen LogP contribution is 2.07. The lowest BCUT2D eigenvalue weighted by atomic mass is 10.1. The average Bonchev–Trinajstić information content (AvgIpc) is 2.27. The summed E-state index contributed by atoms with van der Waals surface area (Å²) in [4.78, 5) is 11.7. The SMILES string of the molecule is C=CC(C(=O)/C=C\C)=C(/C=C\C)N/C=C\C. The molecule has 1 N–H and O–H groups in total. The van der Waals surface area contributed by atoms with Crippen LogP contribution in [0, 0.1) is 0 Å². The zero-order chi connectivity index (χ0) is 12.4. The topological polar surface area (TPSA) is 29.1 Å². The van der Waals surface area contributed by atoms with Gasteiger partial charge in [0.1, 0.15) is 0 Å². The van der Waals surface area contributed by atoms with Crippen molar-refractivity contribution in [2.45, 2.75) is 20.8 Å². The molecule has 0 saturated carbocycles. The normalized spacial score (nSPS) is 13.4. The summed E-state index contributed by atoms with van der Waals surface area (Å²) in [6, 6.07) is 0. The molecule has 0 aromatic heterocycles. The molecule has 0 atom stereocenters. The van der Waals surface area contributed by atoms with Gasteiger partial charge in [0.2, 0.25) is 0 Å². The van der Waals surface area contributed by atoms with Crippen LogP contribution in [0.15, 0.2) is 60.5 Å². The van der Waals surface area contributed by atoms with Gasteiger partial charge in [-0.3, -0.25) is 4.79 Å². The Labute approximate surface area is 97.7 Å². The summed E-state index contributed by atoms with van der Waals surface area (Å²) in [5.41, 5.74) is 1.31. The molecule has 0 unspecified atom stereocenters. The minimum absolute atomic E-state index is 0.0531. The molecule has 0 heterocycles. The van der Waals surface area contributed by atoms with Crippen LogP contribution in [0.2, 0.25) is 0 Å². The fourth-order valence-corrected chi connectivity index (χ4v) is 1.14. The summed E-state index contributed by atoms with van der Waals surface area (Å²) >= 11 is 0. The number of hydrogen-bond donors (Lipinski definition) is 1. The van der Waals surface area contributed by atoms with Crippen LogP contribution in [0.3, 0.4) is 0 Å². The van der Waals surface area contributed by atoms with E-state index in [-0.39, 0.29) is 5.78 Å². The van der Waals surface area contributed by atoms with E-state index in [1.165, 1.54) is 6.08 Å². The summed E-state index contributed by atoms with van der Waals surface area (Å²) in [7, 11) is 0. The van der Waals surface area contributed by atoms with Gasteiger partial charge in [0, 0.05) is 11.3 Å². The van der Waals surface area contributed by atoms with Crippen molar-refractivity contribution in [1.29, 1.82) is 0 Å². The van der Waals surface area contributed by atoms with E-state index in [0.29, 0.717) is 5.57 Å². The molecule has 0 aliphatic rings. The van der Waals surface area contributed by atoms with Gasteiger partial charge >= 0.3 is 0 Å². The minimum Gasteiger partial charge on any atom is -0.361 e. The van der Waals surface area contributed by atoms with Gasteiger partial charge in [0.05, 0.1) is 0 Å². The summed E-state index contributed by atoms with van der Waals surface area (Å²) in [6.45, 7) is 9.28. The van der Waals surface area contributed by atoms with Crippen molar-refractivity contribution in [3.8, 4) is 0 Å². The van der Waals surface area contributed by atoms with Crippen molar-refractivity contribution < 1.29 is 4.79 Å². The van der Waals surface area contributed by atoms with Gasteiger partial charge in [-0.15, -0.1) is 0 Å². The van der Waals surface area contributed by atoms with Crippen molar-refractivity contribution in [2.75, 3.05) is 0 Å². The van der Waals surface area contributed by atoms with E-state index < -0.39 is 0 Å². The van der Waals surface area contributed by atoms with E-state index in [2.05, 4.69) is 11.9 Å². The molecule has 0 saturated heterocycles. The zero-order valence-electron chi connectivity index (χ0n) is 10.2. The molecular formula is C14H19NO. The molecule has 0 aliphatic carbocycles. The smallest absolute Gasteiger partial charge is 0.187 e. The number of ketones is 1. The van der Waals surface area contributed by atoms with Gasteiger partial charge in [0.25, 0.3) is 0 Å². The second kappa shape index (κ2) is 8.48. The Kier molecular flexibility index (Phi) is 7.51. The Hall–Kier alpha value is -1.83. The maximum absolute atomic E-state index is 11.7. The maximum atomic E-state index is 11.7. The maximum Gasteiger partial charge on any atom is 0.187 e. The van der Waals surface area contributed by atoms with Crippen LogP contribution in [0.5, 0.6) is 0 Å². The van der Waals surface area contributed by atoms with Crippen molar-refractivity contribution in [1.82, 2.24) is 5.32 Å². The van der Waals surface area contributed by atoms with Crippen LogP contribution in [-0.4, -0.2) is 5.78 Å². The third-order valence-electron chi connectivity index (χ3n) is 1.82. The molecule has 0 rings (SSSR count). The van der Waals surface area contributed by atoms with Crippen molar-refractivity contribution in [3.63, 3.8) is 0 Å². The molecule has 16 heavy (non-hydrogen) atoms. The Morgan fingerprint density at radius 3 is 2.12 bits per heavy atom. The number of nitrogens with one attached hydrogen (secondary N) is 1. The molecule has 0 radical (unpaired) electrons. The van der Waals surface area contributed by atoms with E-state index in [0.717, 1.165) is 5.70 Å². The molecule has 0 amide bonds.